The molecule has 1 N–H and O–H groups in total. The Bertz CT molecular complexity index is 559. The lowest BCUT2D eigenvalue weighted by Gasteiger charge is -2.20. The molecule has 2 aromatic rings. The summed E-state index contributed by atoms with van der Waals surface area (Å²) >= 11 is 0. The Morgan fingerprint density at radius 1 is 1.25 bits per heavy atom. The van der Waals surface area contributed by atoms with Crippen LogP contribution in [0, 0.1) is 0 Å². The molecule has 0 radical (unpaired) electrons. The summed E-state index contributed by atoms with van der Waals surface area (Å²) in [6, 6.07) is 12.9. The highest BCUT2D eigenvalue weighted by Crippen LogP contribution is 2.34. The SMILES string of the molecule is CCC(c1ccccc1)C(O)c1ccc(C(=O)OC)o1. The van der Waals surface area contributed by atoms with Crippen LogP contribution in [-0.2, 0) is 4.74 Å². The summed E-state index contributed by atoms with van der Waals surface area (Å²) in [4.78, 5) is 11.4. The Kier molecular flexibility index (Phi) is 4.58. The van der Waals surface area contributed by atoms with Crippen molar-refractivity contribution in [3.05, 3.63) is 59.5 Å². The molecule has 0 saturated carbocycles. The zero-order valence-electron chi connectivity index (χ0n) is 11.6. The van der Waals surface area contributed by atoms with Gasteiger partial charge >= 0.3 is 5.97 Å². The predicted octanol–water partition coefficient (Wildman–Crippen LogP) is 3.29. The van der Waals surface area contributed by atoms with E-state index in [-0.39, 0.29) is 11.7 Å². The van der Waals surface area contributed by atoms with E-state index in [1.165, 1.54) is 13.2 Å². The van der Waals surface area contributed by atoms with Crippen molar-refractivity contribution in [1.82, 2.24) is 0 Å². The third-order valence-electron chi connectivity index (χ3n) is 3.35. The van der Waals surface area contributed by atoms with Gasteiger partial charge in [-0.1, -0.05) is 37.3 Å². The number of benzene rings is 1. The van der Waals surface area contributed by atoms with E-state index in [2.05, 4.69) is 4.74 Å². The number of carbonyl (C=O) groups is 1. The first kappa shape index (κ1) is 14.3. The quantitative estimate of drug-likeness (QED) is 0.850. The summed E-state index contributed by atoms with van der Waals surface area (Å²) in [6.45, 7) is 2.01. The fourth-order valence-corrected chi connectivity index (χ4v) is 2.26. The maximum Gasteiger partial charge on any atom is 0.373 e. The van der Waals surface area contributed by atoms with Gasteiger partial charge in [-0.25, -0.2) is 4.79 Å². The van der Waals surface area contributed by atoms with E-state index >= 15 is 0 Å². The lowest BCUT2D eigenvalue weighted by molar-refractivity contribution is 0.0549. The van der Waals surface area contributed by atoms with Crippen molar-refractivity contribution in [1.29, 1.82) is 0 Å². The lowest BCUT2D eigenvalue weighted by atomic mass is 9.90. The third-order valence-corrected chi connectivity index (χ3v) is 3.35. The van der Waals surface area contributed by atoms with Crippen molar-refractivity contribution < 1.29 is 19.1 Å². The van der Waals surface area contributed by atoms with Gasteiger partial charge in [-0.2, -0.15) is 0 Å². The molecule has 0 spiro atoms. The Morgan fingerprint density at radius 2 is 1.95 bits per heavy atom. The molecule has 2 atom stereocenters. The van der Waals surface area contributed by atoms with Crippen LogP contribution in [0.3, 0.4) is 0 Å². The van der Waals surface area contributed by atoms with Crippen LogP contribution in [0.25, 0.3) is 0 Å². The molecule has 4 nitrogen and oxygen atoms in total. The zero-order chi connectivity index (χ0) is 14.5. The summed E-state index contributed by atoms with van der Waals surface area (Å²) in [6.07, 6.45) is -0.0276. The van der Waals surface area contributed by atoms with Gasteiger partial charge in [0, 0.05) is 5.92 Å². The molecule has 0 fully saturated rings. The van der Waals surface area contributed by atoms with Crippen molar-refractivity contribution in [2.75, 3.05) is 7.11 Å². The Morgan fingerprint density at radius 3 is 2.55 bits per heavy atom. The monoisotopic (exact) mass is 274 g/mol. The van der Waals surface area contributed by atoms with Gasteiger partial charge in [-0.05, 0) is 24.1 Å². The fraction of sp³-hybridized carbons (Fsp3) is 0.312. The first-order chi connectivity index (χ1) is 9.67. The number of aliphatic hydroxyl groups is 1. The molecule has 106 valence electrons. The van der Waals surface area contributed by atoms with Gasteiger partial charge < -0.3 is 14.3 Å². The van der Waals surface area contributed by atoms with Gasteiger partial charge in [0.2, 0.25) is 5.76 Å². The number of hydrogen-bond donors (Lipinski definition) is 1. The molecule has 1 aromatic heterocycles. The molecule has 4 heteroatoms. The van der Waals surface area contributed by atoms with Gasteiger partial charge in [0.05, 0.1) is 7.11 Å². The molecule has 2 rings (SSSR count). The Balaban J connectivity index is 2.23. The van der Waals surface area contributed by atoms with Gasteiger partial charge in [-0.15, -0.1) is 0 Å². The minimum absolute atomic E-state index is 0.0761. The first-order valence-corrected chi connectivity index (χ1v) is 6.58. The maximum atomic E-state index is 11.4. The number of aliphatic hydroxyl groups excluding tert-OH is 1. The third kappa shape index (κ3) is 2.91. The number of ether oxygens (including phenoxy) is 1. The number of esters is 1. The number of methoxy groups -OCH3 is 1. The average molecular weight is 274 g/mol. The van der Waals surface area contributed by atoms with E-state index in [1.807, 2.05) is 37.3 Å². The predicted molar refractivity (Wildman–Crippen MR) is 74.5 cm³/mol. The molecule has 1 heterocycles. The number of hydrogen-bond acceptors (Lipinski definition) is 4. The average Bonchev–Trinajstić information content (AvgIpc) is 2.98. The van der Waals surface area contributed by atoms with E-state index in [1.54, 1.807) is 6.07 Å². The fourth-order valence-electron chi connectivity index (χ4n) is 2.26. The summed E-state index contributed by atoms with van der Waals surface area (Å²) in [7, 11) is 1.29. The van der Waals surface area contributed by atoms with Gasteiger partial charge in [0.15, 0.2) is 0 Å². The molecule has 20 heavy (non-hydrogen) atoms. The minimum atomic E-state index is -0.791. The molecular weight excluding hydrogens is 256 g/mol. The maximum absolute atomic E-state index is 11.4. The second-order valence-corrected chi connectivity index (χ2v) is 4.56. The molecule has 0 saturated heterocycles. The first-order valence-electron chi connectivity index (χ1n) is 6.58. The molecule has 0 bridgehead atoms. The molecule has 0 aliphatic carbocycles. The highest BCUT2D eigenvalue weighted by molar-refractivity contribution is 5.86. The van der Waals surface area contributed by atoms with Crippen LogP contribution in [-0.4, -0.2) is 18.2 Å². The second kappa shape index (κ2) is 6.39. The Labute approximate surface area is 118 Å². The summed E-state index contributed by atoms with van der Waals surface area (Å²) in [5.41, 5.74) is 1.04. The van der Waals surface area contributed by atoms with Crippen molar-refractivity contribution >= 4 is 5.97 Å². The van der Waals surface area contributed by atoms with E-state index in [9.17, 15) is 9.90 Å². The minimum Gasteiger partial charge on any atom is -0.463 e. The molecule has 0 aliphatic rings. The van der Waals surface area contributed by atoms with E-state index in [4.69, 9.17) is 4.42 Å². The van der Waals surface area contributed by atoms with Crippen molar-refractivity contribution in [3.8, 4) is 0 Å². The Hall–Kier alpha value is -2.07. The van der Waals surface area contributed by atoms with E-state index in [0.717, 1.165) is 12.0 Å². The number of rotatable bonds is 5. The molecular formula is C16H18O4. The van der Waals surface area contributed by atoms with E-state index < -0.39 is 12.1 Å². The van der Waals surface area contributed by atoms with E-state index in [0.29, 0.717) is 5.76 Å². The van der Waals surface area contributed by atoms with Crippen molar-refractivity contribution in [3.63, 3.8) is 0 Å². The summed E-state index contributed by atoms with van der Waals surface area (Å²) < 4.78 is 9.96. The van der Waals surface area contributed by atoms with Crippen LogP contribution in [0.2, 0.25) is 0 Å². The summed E-state index contributed by atoms with van der Waals surface area (Å²) in [5.74, 6) is -0.144. The van der Waals surface area contributed by atoms with Gasteiger partial charge in [-0.3, -0.25) is 0 Å². The van der Waals surface area contributed by atoms with Crippen LogP contribution in [0.15, 0.2) is 46.9 Å². The van der Waals surface area contributed by atoms with Gasteiger partial charge in [0.1, 0.15) is 11.9 Å². The standard InChI is InChI=1S/C16H18O4/c1-3-12(11-7-5-4-6-8-11)15(17)13-9-10-14(20-13)16(18)19-2/h4-10,12,15,17H,3H2,1-2H3. The van der Waals surface area contributed by atoms with Crippen molar-refractivity contribution in [2.45, 2.75) is 25.4 Å². The van der Waals surface area contributed by atoms with Crippen LogP contribution in [0.4, 0.5) is 0 Å². The number of carbonyl (C=O) groups excluding carboxylic acids is 1. The molecule has 0 aliphatic heterocycles. The molecule has 1 aromatic carbocycles. The molecule has 0 amide bonds. The summed E-state index contributed by atoms with van der Waals surface area (Å²) in [5, 5.41) is 10.5. The lowest BCUT2D eigenvalue weighted by Crippen LogP contribution is -2.09. The van der Waals surface area contributed by atoms with Crippen LogP contribution in [0.1, 0.15) is 47.2 Å². The second-order valence-electron chi connectivity index (χ2n) is 4.56. The van der Waals surface area contributed by atoms with Crippen molar-refractivity contribution in [2.24, 2.45) is 0 Å². The zero-order valence-corrected chi connectivity index (χ0v) is 11.6. The number of furan rings is 1. The highest BCUT2D eigenvalue weighted by atomic mass is 16.5. The normalized spacial score (nSPS) is 13.8. The largest absolute Gasteiger partial charge is 0.463 e. The molecule has 2 unspecified atom stereocenters. The van der Waals surface area contributed by atoms with Crippen LogP contribution >= 0.6 is 0 Å². The smallest absolute Gasteiger partial charge is 0.373 e. The van der Waals surface area contributed by atoms with Gasteiger partial charge in [0.25, 0.3) is 0 Å². The topological polar surface area (TPSA) is 59.7 Å². The highest BCUT2D eigenvalue weighted by Gasteiger charge is 2.25. The van der Waals surface area contributed by atoms with Crippen LogP contribution < -0.4 is 0 Å². The van der Waals surface area contributed by atoms with Crippen LogP contribution in [0.5, 0.6) is 0 Å².